The molecule has 0 bridgehead atoms. The van der Waals surface area contributed by atoms with Crippen LogP contribution >= 0.6 is 11.6 Å². The van der Waals surface area contributed by atoms with Crippen LogP contribution in [0.4, 0.5) is 10.1 Å². The van der Waals surface area contributed by atoms with Crippen molar-refractivity contribution in [3.63, 3.8) is 0 Å². The van der Waals surface area contributed by atoms with Gasteiger partial charge < -0.3 is 9.64 Å². The Kier molecular flexibility index (Phi) is 5.16. The fourth-order valence-corrected chi connectivity index (χ4v) is 3.72. The number of ether oxygens (including phenoxy) is 1. The van der Waals surface area contributed by atoms with Gasteiger partial charge in [0.2, 0.25) is 0 Å². The predicted octanol–water partition coefficient (Wildman–Crippen LogP) is 4.98. The minimum atomic E-state index is -1.20. The van der Waals surface area contributed by atoms with E-state index in [0.29, 0.717) is 24.6 Å². The lowest BCUT2D eigenvalue weighted by molar-refractivity contribution is -0.152. The summed E-state index contributed by atoms with van der Waals surface area (Å²) in [5.41, 5.74) is 1.18. The first-order valence-corrected chi connectivity index (χ1v) is 9.48. The molecular weight excluding hydrogens is 377 g/mol. The lowest BCUT2D eigenvalue weighted by Crippen LogP contribution is -2.56. The van der Waals surface area contributed by atoms with Crippen molar-refractivity contribution in [1.29, 1.82) is 0 Å². The SMILES string of the molecule is O=C1N(c2ccccc2)CCOC1(Cc1ccc(F)cc1)c1ccc(Cl)cc1. The van der Waals surface area contributed by atoms with Crippen molar-refractivity contribution in [2.75, 3.05) is 18.1 Å². The van der Waals surface area contributed by atoms with Gasteiger partial charge in [-0.2, -0.15) is 0 Å². The zero-order valence-corrected chi connectivity index (χ0v) is 15.9. The highest BCUT2D eigenvalue weighted by Gasteiger charge is 2.47. The smallest absolute Gasteiger partial charge is 0.264 e. The molecule has 1 heterocycles. The zero-order chi connectivity index (χ0) is 19.6. The fraction of sp³-hybridized carbons (Fsp3) is 0.174. The van der Waals surface area contributed by atoms with Crippen molar-refractivity contribution in [3.05, 3.63) is 101 Å². The van der Waals surface area contributed by atoms with Gasteiger partial charge in [-0.1, -0.05) is 54.1 Å². The molecule has 1 unspecified atom stereocenters. The maximum Gasteiger partial charge on any atom is 0.264 e. The van der Waals surface area contributed by atoms with Crippen LogP contribution in [0.15, 0.2) is 78.9 Å². The van der Waals surface area contributed by atoms with Crippen molar-refractivity contribution in [2.24, 2.45) is 0 Å². The molecule has 0 N–H and O–H groups in total. The van der Waals surface area contributed by atoms with Gasteiger partial charge in [0, 0.05) is 23.7 Å². The number of carbonyl (C=O) groups is 1. The first-order valence-electron chi connectivity index (χ1n) is 9.10. The van der Waals surface area contributed by atoms with Crippen LogP contribution in [0.1, 0.15) is 11.1 Å². The van der Waals surface area contributed by atoms with E-state index in [2.05, 4.69) is 0 Å². The molecule has 1 saturated heterocycles. The van der Waals surface area contributed by atoms with Crippen LogP contribution in [-0.4, -0.2) is 19.1 Å². The van der Waals surface area contributed by atoms with Crippen molar-refractivity contribution in [3.8, 4) is 0 Å². The van der Waals surface area contributed by atoms with Gasteiger partial charge in [0.05, 0.1) is 6.61 Å². The third-order valence-corrected chi connectivity index (χ3v) is 5.25. The molecule has 1 atom stereocenters. The van der Waals surface area contributed by atoms with E-state index in [1.165, 1.54) is 12.1 Å². The third kappa shape index (κ3) is 3.53. The summed E-state index contributed by atoms with van der Waals surface area (Å²) in [6, 6.07) is 22.8. The van der Waals surface area contributed by atoms with Crippen LogP contribution in [0, 0.1) is 5.82 Å². The second-order valence-corrected chi connectivity index (χ2v) is 7.21. The fourth-order valence-electron chi connectivity index (χ4n) is 3.59. The van der Waals surface area contributed by atoms with E-state index in [1.54, 1.807) is 29.2 Å². The molecule has 28 heavy (non-hydrogen) atoms. The summed E-state index contributed by atoms with van der Waals surface area (Å²) < 4.78 is 19.5. The summed E-state index contributed by atoms with van der Waals surface area (Å²) in [5, 5.41) is 0.587. The maximum atomic E-state index is 13.7. The molecule has 142 valence electrons. The Labute approximate surface area is 168 Å². The van der Waals surface area contributed by atoms with Crippen LogP contribution in [0.25, 0.3) is 0 Å². The number of amides is 1. The van der Waals surface area contributed by atoms with Gasteiger partial charge in [-0.05, 0) is 47.5 Å². The summed E-state index contributed by atoms with van der Waals surface area (Å²) in [6.07, 6.45) is 0.303. The molecule has 0 radical (unpaired) electrons. The number of halogens is 2. The van der Waals surface area contributed by atoms with Crippen molar-refractivity contribution < 1.29 is 13.9 Å². The first-order chi connectivity index (χ1) is 13.6. The normalized spacial score (nSPS) is 19.6. The molecule has 0 spiro atoms. The first kappa shape index (κ1) is 18.7. The van der Waals surface area contributed by atoms with Crippen LogP contribution in [0.2, 0.25) is 5.02 Å². The average Bonchev–Trinajstić information content (AvgIpc) is 2.72. The molecule has 3 nitrogen and oxygen atoms in total. The topological polar surface area (TPSA) is 29.5 Å². The molecule has 0 aliphatic carbocycles. The minimum absolute atomic E-state index is 0.142. The molecule has 4 rings (SSSR count). The number of anilines is 1. The summed E-state index contributed by atoms with van der Waals surface area (Å²) in [7, 11) is 0. The molecule has 5 heteroatoms. The zero-order valence-electron chi connectivity index (χ0n) is 15.1. The lowest BCUT2D eigenvalue weighted by Gasteiger charge is -2.42. The summed E-state index contributed by atoms with van der Waals surface area (Å²) in [5.74, 6) is -0.456. The largest absolute Gasteiger partial charge is 0.358 e. The van der Waals surface area contributed by atoms with E-state index >= 15 is 0 Å². The van der Waals surface area contributed by atoms with Crippen molar-refractivity contribution in [2.45, 2.75) is 12.0 Å². The van der Waals surface area contributed by atoms with E-state index in [-0.39, 0.29) is 11.7 Å². The number of hydrogen-bond donors (Lipinski definition) is 0. The number of para-hydroxylation sites is 1. The quantitative estimate of drug-likeness (QED) is 0.623. The average molecular weight is 396 g/mol. The molecule has 3 aromatic rings. The van der Waals surface area contributed by atoms with E-state index in [4.69, 9.17) is 16.3 Å². The van der Waals surface area contributed by atoms with E-state index < -0.39 is 5.60 Å². The number of nitrogens with zero attached hydrogens (tertiary/aromatic N) is 1. The van der Waals surface area contributed by atoms with Gasteiger partial charge in [-0.25, -0.2) is 4.39 Å². The van der Waals surface area contributed by atoms with Crippen LogP contribution in [0.3, 0.4) is 0 Å². The Morgan fingerprint density at radius 2 is 1.64 bits per heavy atom. The minimum Gasteiger partial charge on any atom is -0.358 e. The Bertz CT molecular complexity index is 960. The Hall–Kier alpha value is -2.69. The molecule has 0 aromatic heterocycles. The Morgan fingerprint density at radius 3 is 2.32 bits per heavy atom. The van der Waals surface area contributed by atoms with Crippen molar-refractivity contribution in [1.82, 2.24) is 0 Å². The number of hydrogen-bond acceptors (Lipinski definition) is 2. The summed E-state index contributed by atoms with van der Waals surface area (Å²) >= 11 is 6.06. The highest BCUT2D eigenvalue weighted by atomic mass is 35.5. The molecule has 0 saturated carbocycles. The third-order valence-electron chi connectivity index (χ3n) is 5.00. The van der Waals surface area contributed by atoms with E-state index in [1.807, 2.05) is 42.5 Å². The lowest BCUT2D eigenvalue weighted by atomic mass is 9.84. The second-order valence-electron chi connectivity index (χ2n) is 6.78. The highest BCUT2D eigenvalue weighted by Crippen LogP contribution is 2.37. The highest BCUT2D eigenvalue weighted by molar-refractivity contribution is 6.30. The summed E-state index contributed by atoms with van der Waals surface area (Å²) in [4.78, 5) is 15.5. The number of carbonyl (C=O) groups excluding carboxylic acids is 1. The monoisotopic (exact) mass is 395 g/mol. The Balaban J connectivity index is 1.78. The predicted molar refractivity (Wildman–Crippen MR) is 108 cm³/mol. The van der Waals surface area contributed by atoms with Gasteiger partial charge in [-0.3, -0.25) is 4.79 Å². The van der Waals surface area contributed by atoms with Gasteiger partial charge in [0.15, 0.2) is 5.60 Å². The van der Waals surface area contributed by atoms with E-state index in [9.17, 15) is 9.18 Å². The van der Waals surface area contributed by atoms with Crippen LogP contribution < -0.4 is 4.90 Å². The molecule has 1 aliphatic rings. The van der Waals surface area contributed by atoms with Gasteiger partial charge >= 0.3 is 0 Å². The molecule has 1 amide bonds. The van der Waals surface area contributed by atoms with E-state index in [0.717, 1.165) is 16.8 Å². The van der Waals surface area contributed by atoms with Gasteiger partial charge in [0.25, 0.3) is 5.91 Å². The second kappa shape index (κ2) is 7.74. The van der Waals surface area contributed by atoms with Crippen LogP contribution in [-0.2, 0) is 21.6 Å². The molecule has 3 aromatic carbocycles. The van der Waals surface area contributed by atoms with Gasteiger partial charge in [0.1, 0.15) is 5.82 Å². The maximum absolute atomic E-state index is 13.7. The standard InChI is InChI=1S/C23H19ClFNO2/c24-19-10-8-18(9-11-19)23(16-17-6-12-20(25)13-7-17)22(27)26(14-15-28-23)21-4-2-1-3-5-21/h1-13H,14-16H2. The molecule has 1 aliphatic heterocycles. The molecule has 1 fully saturated rings. The van der Waals surface area contributed by atoms with Crippen molar-refractivity contribution >= 4 is 23.2 Å². The van der Waals surface area contributed by atoms with Crippen LogP contribution in [0.5, 0.6) is 0 Å². The number of morpholine rings is 1. The van der Waals surface area contributed by atoms with Gasteiger partial charge in [-0.15, -0.1) is 0 Å². The number of rotatable bonds is 4. The summed E-state index contributed by atoms with van der Waals surface area (Å²) in [6.45, 7) is 0.867. The number of benzene rings is 3. The molecular formula is C23H19ClFNO2. The Morgan fingerprint density at radius 1 is 0.964 bits per heavy atom.